The summed E-state index contributed by atoms with van der Waals surface area (Å²) < 4.78 is 1.74. The summed E-state index contributed by atoms with van der Waals surface area (Å²) in [7, 11) is 1.86. The molecule has 3 rings (SSSR count). The lowest BCUT2D eigenvalue weighted by Gasteiger charge is -2.21. The minimum Gasteiger partial charge on any atom is -0.305 e. The minimum absolute atomic E-state index is 0.392. The van der Waals surface area contributed by atoms with Gasteiger partial charge in [-0.2, -0.15) is 5.10 Å². The lowest BCUT2D eigenvalue weighted by Crippen LogP contribution is -2.20. The standard InChI is InChI=1S/C17H17N5O2/c1-21-11-9-16(19-21)22(15-4-2-3-10-18-15)12-13-5-7-14(8-6-13)17(23)20-24/h2-11,24H,12H2,1H3,(H,20,23). The number of benzene rings is 1. The third-order valence-electron chi connectivity index (χ3n) is 3.56. The summed E-state index contributed by atoms with van der Waals surface area (Å²) in [6.07, 6.45) is 3.61. The van der Waals surface area contributed by atoms with Crippen LogP contribution in [0.25, 0.3) is 0 Å². The number of nitrogens with one attached hydrogen (secondary N) is 1. The number of pyridine rings is 1. The first kappa shape index (κ1) is 15.7. The molecule has 3 aromatic rings. The van der Waals surface area contributed by atoms with Gasteiger partial charge in [0.2, 0.25) is 0 Å². The fourth-order valence-electron chi connectivity index (χ4n) is 2.35. The highest BCUT2D eigenvalue weighted by Crippen LogP contribution is 2.23. The number of carbonyl (C=O) groups is 1. The third-order valence-corrected chi connectivity index (χ3v) is 3.56. The van der Waals surface area contributed by atoms with Crippen LogP contribution in [0.5, 0.6) is 0 Å². The smallest absolute Gasteiger partial charge is 0.274 e. The molecule has 1 amide bonds. The Bertz CT molecular complexity index is 815. The van der Waals surface area contributed by atoms with Crippen LogP contribution in [-0.2, 0) is 13.6 Å². The predicted molar refractivity (Wildman–Crippen MR) is 89.0 cm³/mol. The molecule has 0 radical (unpaired) electrons. The maximum absolute atomic E-state index is 11.4. The van der Waals surface area contributed by atoms with Crippen molar-refractivity contribution in [1.29, 1.82) is 0 Å². The zero-order valence-corrected chi connectivity index (χ0v) is 13.1. The van der Waals surface area contributed by atoms with Crippen LogP contribution in [0, 0.1) is 0 Å². The van der Waals surface area contributed by atoms with Crippen LogP contribution in [0.1, 0.15) is 15.9 Å². The highest BCUT2D eigenvalue weighted by atomic mass is 16.5. The lowest BCUT2D eigenvalue weighted by atomic mass is 10.1. The summed E-state index contributed by atoms with van der Waals surface area (Å²) in [6.45, 7) is 0.551. The van der Waals surface area contributed by atoms with E-state index in [1.54, 1.807) is 28.5 Å². The largest absolute Gasteiger partial charge is 0.305 e. The third kappa shape index (κ3) is 3.41. The Hall–Kier alpha value is -3.19. The number of hydrogen-bond acceptors (Lipinski definition) is 5. The van der Waals surface area contributed by atoms with E-state index in [-0.39, 0.29) is 0 Å². The molecule has 0 aliphatic carbocycles. The molecule has 24 heavy (non-hydrogen) atoms. The molecular weight excluding hydrogens is 306 g/mol. The van der Waals surface area contributed by atoms with E-state index in [1.807, 2.05) is 54.5 Å². The van der Waals surface area contributed by atoms with E-state index in [4.69, 9.17) is 5.21 Å². The van der Waals surface area contributed by atoms with Crippen molar-refractivity contribution < 1.29 is 10.0 Å². The van der Waals surface area contributed by atoms with Gasteiger partial charge in [0.05, 0.1) is 6.54 Å². The molecule has 122 valence electrons. The number of nitrogens with zero attached hydrogens (tertiary/aromatic N) is 4. The first-order valence-electron chi connectivity index (χ1n) is 7.39. The summed E-state index contributed by atoms with van der Waals surface area (Å²) in [5.41, 5.74) is 3.00. The van der Waals surface area contributed by atoms with Gasteiger partial charge in [-0.25, -0.2) is 10.5 Å². The molecule has 0 aliphatic heterocycles. The lowest BCUT2D eigenvalue weighted by molar-refractivity contribution is 0.0706. The second kappa shape index (κ2) is 6.93. The maximum atomic E-state index is 11.4. The number of aryl methyl sites for hydroxylation is 1. The van der Waals surface area contributed by atoms with Crippen LogP contribution in [0.15, 0.2) is 60.9 Å². The fourth-order valence-corrected chi connectivity index (χ4v) is 2.35. The van der Waals surface area contributed by atoms with Crippen molar-refractivity contribution in [3.05, 3.63) is 72.1 Å². The van der Waals surface area contributed by atoms with E-state index in [0.717, 1.165) is 17.2 Å². The highest BCUT2D eigenvalue weighted by Gasteiger charge is 2.14. The van der Waals surface area contributed by atoms with Gasteiger partial charge in [0, 0.05) is 31.1 Å². The van der Waals surface area contributed by atoms with Crippen LogP contribution in [0.2, 0.25) is 0 Å². The normalized spacial score (nSPS) is 10.4. The van der Waals surface area contributed by atoms with Gasteiger partial charge in [0.15, 0.2) is 5.82 Å². The van der Waals surface area contributed by atoms with Crippen molar-refractivity contribution in [1.82, 2.24) is 20.2 Å². The Morgan fingerprint density at radius 3 is 2.54 bits per heavy atom. The van der Waals surface area contributed by atoms with Crippen LogP contribution in [0.4, 0.5) is 11.6 Å². The molecule has 0 saturated heterocycles. The molecule has 0 spiro atoms. The molecule has 0 bridgehead atoms. The summed E-state index contributed by atoms with van der Waals surface area (Å²) in [6, 6.07) is 14.6. The molecular formula is C17H17N5O2. The fraction of sp³-hybridized carbons (Fsp3) is 0.118. The summed E-state index contributed by atoms with van der Waals surface area (Å²) in [5, 5.41) is 13.1. The van der Waals surface area contributed by atoms with Crippen LogP contribution < -0.4 is 10.4 Å². The maximum Gasteiger partial charge on any atom is 0.274 e. The summed E-state index contributed by atoms with van der Waals surface area (Å²) in [4.78, 5) is 17.8. The molecule has 7 nitrogen and oxygen atoms in total. The van der Waals surface area contributed by atoms with E-state index in [2.05, 4.69) is 10.1 Å². The quantitative estimate of drug-likeness (QED) is 0.556. The zero-order chi connectivity index (χ0) is 16.9. The van der Waals surface area contributed by atoms with Crippen molar-refractivity contribution in [3.8, 4) is 0 Å². The molecule has 0 atom stereocenters. The van der Waals surface area contributed by atoms with Crippen LogP contribution in [0.3, 0.4) is 0 Å². The van der Waals surface area contributed by atoms with Crippen molar-refractivity contribution in [3.63, 3.8) is 0 Å². The molecule has 0 aliphatic rings. The van der Waals surface area contributed by atoms with E-state index in [9.17, 15) is 4.79 Å². The molecule has 0 fully saturated rings. The molecule has 0 saturated carbocycles. The Morgan fingerprint density at radius 1 is 1.17 bits per heavy atom. The van der Waals surface area contributed by atoms with E-state index in [0.29, 0.717) is 12.1 Å². The van der Waals surface area contributed by atoms with E-state index in [1.165, 1.54) is 0 Å². The monoisotopic (exact) mass is 323 g/mol. The number of carbonyl (C=O) groups excluding carboxylic acids is 1. The topological polar surface area (TPSA) is 83.3 Å². The average molecular weight is 323 g/mol. The minimum atomic E-state index is -0.534. The molecule has 1 aromatic carbocycles. The van der Waals surface area contributed by atoms with Gasteiger partial charge in [-0.05, 0) is 29.8 Å². The average Bonchev–Trinajstić information content (AvgIpc) is 3.06. The number of rotatable bonds is 5. The number of hydrogen-bond donors (Lipinski definition) is 2. The molecule has 2 N–H and O–H groups in total. The Morgan fingerprint density at radius 2 is 1.96 bits per heavy atom. The van der Waals surface area contributed by atoms with Gasteiger partial charge in [-0.3, -0.25) is 14.7 Å². The second-order valence-corrected chi connectivity index (χ2v) is 5.26. The molecule has 7 heteroatoms. The first-order valence-corrected chi connectivity index (χ1v) is 7.39. The predicted octanol–water partition coefficient (Wildman–Crippen LogP) is 2.27. The number of amides is 1. The van der Waals surface area contributed by atoms with Crippen LogP contribution in [-0.4, -0.2) is 25.9 Å². The van der Waals surface area contributed by atoms with Crippen molar-refractivity contribution in [2.75, 3.05) is 4.90 Å². The summed E-state index contributed by atoms with van der Waals surface area (Å²) in [5.74, 6) is 1.04. The van der Waals surface area contributed by atoms with Gasteiger partial charge in [-0.1, -0.05) is 18.2 Å². The summed E-state index contributed by atoms with van der Waals surface area (Å²) >= 11 is 0. The molecule has 2 aromatic heterocycles. The Balaban J connectivity index is 1.88. The highest BCUT2D eigenvalue weighted by molar-refractivity contribution is 5.93. The van der Waals surface area contributed by atoms with Crippen molar-refractivity contribution >= 4 is 17.5 Å². The van der Waals surface area contributed by atoms with Gasteiger partial charge in [0.25, 0.3) is 5.91 Å². The van der Waals surface area contributed by atoms with Gasteiger partial charge >= 0.3 is 0 Å². The number of anilines is 2. The van der Waals surface area contributed by atoms with Crippen LogP contribution >= 0.6 is 0 Å². The number of hydroxylamine groups is 1. The van der Waals surface area contributed by atoms with Gasteiger partial charge < -0.3 is 4.90 Å². The van der Waals surface area contributed by atoms with Gasteiger partial charge in [0.1, 0.15) is 5.82 Å². The van der Waals surface area contributed by atoms with E-state index < -0.39 is 5.91 Å². The van der Waals surface area contributed by atoms with Gasteiger partial charge in [-0.15, -0.1) is 0 Å². The zero-order valence-electron chi connectivity index (χ0n) is 13.1. The molecule has 2 heterocycles. The van der Waals surface area contributed by atoms with Crippen molar-refractivity contribution in [2.45, 2.75) is 6.54 Å². The SMILES string of the molecule is Cn1ccc(N(Cc2ccc(C(=O)NO)cc2)c2ccccn2)n1. The Labute approximate surface area is 139 Å². The van der Waals surface area contributed by atoms with E-state index >= 15 is 0 Å². The van der Waals surface area contributed by atoms with Crippen molar-refractivity contribution in [2.24, 2.45) is 7.05 Å². The second-order valence-electron chi connectivity index (χ2n) is 5.26. The molecule has 0 unspecified atom stereocenters. The Kier molecular flexibility index (Phi) is 4.53. The first-order chi connectivity index (χ1) is 11.7. The number of aromatic nitrogens is 3.